The highest BCUT2D eigenvalue weighted by atomic mass is 19.2. The number of hydrogen-bond donors (Lipinski definition) is 0. The molecular formula is C29H29F3. The van der Waals surface area contributed by atoms with Crippen LogP contribution in [0.2, 0.25) is 0 Å². The molecule has 0 aromatic heterocycles. The molecule has 1 saturated carbocycles. The molecule has 3 aromatic carbocycles. The predicted molar refractivity (Wildman–Crippen MR) is 126 cm³/mol. The summed E-state index contributed by atoms with van der Waals surface area (Å²) in [6.45, 7) is 5.81. The van der Waals surface area contributed by atoms with Gasteiger partial charge in [-0.1, -0.05) is 68.0 Å². The first-order valence-electron chi connectivity index (χ1n) is 11.5. The maximum Gasteiger partial charge on any atom is 0.166 e. The van der Waals surface area contributed by atoms with Crippen LogP contribution in [0.25, 0.3) is 22.3 Å². The van der Waals surface area contributed by atoms with Crippen LogP contribution in [0.4, 0.5) is 13.2 Å². The average Bonchev–Trinajstić information content (AvgIpc) is 2.82. The Bertz CT molecular complexity index is 1090. The molecule has 1 aliphatic rings. The van der Waals surface area contributed by atoms with E-state index in [4.69, 9.17) is 0 Å². The summed E-state index contributed by atoms with van der Waals surface area (Å²) in [6, 6.07) is 15.9. The zero-order chi connectivity index (χ0) is 22.7. The summed E-state index contributed by atoms with van der Waals surface area (Å²) < 4.78 is 43.9. The van der Waals surface area contributed by atoms with Gasteiger partial charge in [0.25, 0.3) is 0 Å². The lowest BCUT2D eigenvalue weighted by Crippen LogP contribution is -2.12. The minimum Gasteiger partial charge on any atom is -0.207 e. The van der Waals surface area contributed by atoms with Gasteiger partial charge in [-0.15, -0.1) is 6.58 Å². The highest BCUT2D eigenvalue weighted by Gasteiger charge is 2.23. The molecule has 0 unspecified atom stereocenters. The minimum absolute atomic E-state index is 0.173. The van der Waals surface area contributed by atoms with E-state index in [0.29, 0.717) is 23.5 Å². The smallest absolute Gasteiger partial charge is 0.166 e. The SMILES string of the molecule is C=CC1CCC(c2ccc(-c3ccc(-c4ccc(CCC)c(F)c4F)cc3)cc2F)CC1. The van der Waals surface area contributed by atoms with Gasteiger partial charge in [-0.2, -0.15) is 0 Å². The molecule has 0 aliphatic heterocycles. The predicted octanol–water partition coefficient (Wildman–Crippen LogP) is 8.85. The van der Waals surface area contributed by atoms with Crippen molar-refractivity contribution in [3.05, 3.63) is 95.8 Å². The van der Waals surface area contributed by atoms with Crippen molar-refractivity contribution in [2.45, 2.75) is 51.4 Å². The highest BCUT2D eigenvalue weighted by Crippen LogP contribution is 2.38. The zero-order valence-electron chi connectivity index (χ0n) is 18.5. The lowest BCUT2D eigenvalue weighted by atomic mass is 9.78. The fourth-order valence-electron chi connectivity index (χ4n) is 4.82. The van der Waals surface area contributed by atoms with Gasteiger partial charge in [0.1, 0.15) is 5.82 Å². The standard InChI is InChI=1S/C29H29F3/c1-3-5-23-14-17-26(29(32)28(23)31)22-12-10-20(11-13-22)24-15-16-25(27(30)18-24)21-8-6-19(4-2)7-9-21/h4,10-19,21H,2-3,5-9H2,1H3. The van der Waals surface area contributed by atoms with Gasteiger partial charge in [0.15, 0.2) is 11.6 Å². The minimum atomic E-state index is -0.815. The Morgan fingerprint density at radius 2 is 1.47 bits per heavy atom. The molecule has 32 heavy (non-hydrogen) atoms. The van der Waals surface area contributed by atoms with Crippen LogP contribution in [0.3, 0.4) is 0 Å². The Morgan fingerprint density at radius 3 is 2.09 bits per heavy atom. The third kappa shape index (κ3) is 4.53. The first kappa shape index (κ1) is 22.4. The average molecular weight is 435 g/mol. The van der Waals surface area contributed by atoms with Crippen LogP contribution in [0.5, 0.6) is 0 Å². The Hall–Kier alpha value is -2.81. The summed E-state index contributed by atoms with van der Waals surface area (Å²) in [6.07, 6.45) is 7.39. The first-order chi connectivity index (χ1) is 15.5. The fourth-order valence-corrected chi connectivity index (χ4v) is 4.82. The molecule has 0 bridgehead atoms. The van der Waals surface area contributed by atoms with E-state index in [1.54, 1.807) is 30.3 Å². The Balaban J connectivity index is 1.54. The van der Waals surface area contributed by atoms with Crippen LogP contribution in [-0.2, 0) is 6.42 Å². The van der Waals surface area contributed by atoms with Crippen LogP contribution in [0.15, 0.2) is 67.3 Å². The summed E-state index contributed by atoms with van der Waals surface area (Å²) in [7, 11) is 0. The van der Waals surface area contributed by atoms with Gasteiger partial charge >= 0.3 is 0 Å². The highest BCUT2D eigenvalue weighted by molar-refractivity contribution is 5.71. The van der Waals surface area contributed by atoms with E-state index in [-0.39, 0.29) is 17.3 Å². The molecule has 0 N–H and O–H groups in total. The molecular weight excluding hydrogens is 405 g/mol. The number of hydrogen-bond acceptors (Lipinski definition) is 0. The molecule has 3 aromatic rings. The Morgan fingerprint density at radius 1 is 0.812 bits per heavy atom. The van der Waals surface area contributed by atoms with E-state index in [1.165, 1.54) is 0 Å². The third-order valence-corrected chi connectivity index (χ3v) is 6.76. The number of halogens is 3. The maximum absolute atomic E-state index is 14.9. The van der Waals surface area contributed by atoms with E-state index in [0.717, 1.165) is 48.8 Å². The summed E-state index contributed by atoms with van der Waals surface area (Å²) in [5, 5.41) is 0. The molecule has 0 saturated heterocycles. The van der Waals surface area contributed by atoms with Gasteiger partial charge in [0.05, 0.1) is 0 Å². The molecule has 0 amide bonds. The van der Waals surface area contributed by atoms with Gasteiger partial charge in [-0.05, 0) is 77.8 Å². The van der Waals surface area contributed by atoms with Crippen molar-refractivity contribution in [2.24, 2.45) is 5.92 Å². The monoisotopic (exact) mass is 434 g/mol. The molecule has 3 heteroatoms. The van der Waals surface area contributed by atoms with Crippen LogP contribution in [0.1, 0.15) is 56.1 Å². The molecule has 0 radical (unpaired) electrons. The lowest BCUT2D eigenvalue weighted by Gasteiger charge is -2.27. The molecule has 166 valence electrons. The molecule has 4 rings (SSSR count). The van der Waals surface area contributed by atoms with Crippen molar-refractivity contribution in [1.82, 2.24) is 0 Å². The summed E-state index contributed by atoms with van der Waals surface area (Å²) >= 11 is 0. The number of benzene rings is 3. The van der Waals surface area contributed by atoms with Crippen LogP contribution in [-0.4, -0.2) is 0 Å². The normalized spacial score (nSPS) is 18.5. The quantitative estimate of drug-likeness (QED) is 0.340. The van der Waals surface area contributed by atoms with Crippen molar-refractivity contribution >= 4 is 0 Å². The van der Waals surface area contributed by atoms with Crippen molar-refractivity contribution in [3.63, 3.8) is 0 Å². The van der Waals surface area contributed by atoms with Gasteiger partial charge < -0.3 is 0 Å². The van der Waals surface area contributed by atoms with Crippen molar-refractivity contribution in [1.29, 1.82) is 0 Å². The van der Waals surface area contributed by atoms with Crippen LogP contribution in [0, 0.1) is 23.4 Å². The van der Waals surface area contributed by atoms with E-state index in [1.807, 2.05) is 37.3 Å². The number of aryl methyl sites for hydroxylation is 1. The second kappa shape index (κ2) is 9.77. The molecule has 1 fully saturated rings. The largest absolute Gasteiger partial charge is 0.207 e. The van der Waals surface area contributed by atoms with E-state index in [2.05, 4.69) is 6.58 Å². The van der Waals surface area contributed by atoms with Crippen molar-refractivity contribution < 1.29 is 13.2 Å². The topological polar surface area (TPSA) is 0 Å². The van der Waals surface area contributed by atoms with E-state index < -0.39 is 11.6 Å². The third-order valence-electron chi connectivity index (χ3n) is 6.76. The van der Waals surface area contributed by atoms with Crippen LogP contribution >= 0.6 is 0 Å². The van der Waals surface area contributed by atoms with Crippen LogP contribution < -0.4 is 0 Å². The summed E-state index contributed by atoms with van der Waals surface area (Å²) in [5.74, 6) is -0.948. The maximum atomic E-state index is 14.9. The van der Waals surface area contributed by atoms with E-state index >= 15 is 0 Å². The summed E-state index contributed by atoms with van der Waals surface area (Å²) in [5.41, 5.74) is 3.66. The van der Waals surface area contributed by atoms with Crippen molar-refractivity contribution in [3.8, 4) is 22.3 Å². The van der Waals surface area contributed by atoms with Gasteiger partial charge in [-0.25, -0.2) is 13.2 Å². The lowest BCUT2D eigenvalue weighted by molar-refractivity contribution is 0.369. The molecule has 0 spiro atoms. The number of rotatable bonds is 6. The van der Waals surface area contributed by atoms with E-state index in [9.17, 15) is 13.2 Å². The van der Waals surface area contributed by atoms with Gasteiger partial charge in [0, 0.05) is 5.56 Å². The fraction of sp³-hybridized carbons (Fsp3) is 0.310. The second-order valence-electron chi connectivity index (χ2n) is 8.81. The van der Waals surface area contributed by atoms with Crippen molar-refractivity contribution in [2.75, 3.05) is 0 Å². The molecule has 0 atom stereocenters. The summed E-state index contributed by atoms with van der Waals surface area (Å²) in [4.78, 5) is 0. The zero-order valence-corrected chi connectivity index (χ0v) is 18.5. The molecule has 0 heterocycles. The Kier molecular flexibility index (Phi) is 6.83. The molecule has 1 aliphatic carbocycles. The Labute approximate surface area is 188 Å². The van der Waals surface area contributed by atoms with Gasteiger partial charge in [-0.3, -0.25) is 0 Å². The van der Waals surface area contributed by atoms with Gasteiger partial charge in [0.2, 0.25) is 0 Å². The second-order valence-corrected chi connectivity index (χ2v) is 8.81. The molecule has 0 nitrogen and oxygen atoms in total. The number of allylic oxidation sites excluding steroid dienone is 1. The first-order valence-corrected chi connectivity index (χ1v) is 11.5.